The molecule has 1 unspecified atom stereocenters. The second-order valence-corrected chi connectivity index (χ2v) is 4.44. The number of aliphatic hydroxyl groups excluding tert-OH is 1. The summed E-state index contributed by atoms with van der Waals surface area (Å²) in [6, 6.07) is 4.48. The van der Waals surface area contributed by atoms with Crippen molar-refractivity contribution in [2.24, 2.45) is 0 Å². The summed E-state index contributed by atoms with van der Waals surface area (Å²) >= 11 is 0. The third-order valence-electron chi connectivity index (χ3n) is 2.97. The summed E-state index contributed by atoms with van der Waals surface area (Å²) < 4.78 is 0. The molecule has 0 amide bonds. The summed E-state index contributed by atoms with van der Waals surface area (Å²) in [5.41, 5.74) is 1.24. The summed E-state index contributed by atoms with van der Waals surface area (Å²) in [5, 5.41) is 12.5. The van der Waals surface area contributed by atoms with E-state index >= 15 is 0 Å². The van der Waals surface area contributed by atoms with E-state index in [-0.39, 0.29) is 6.61 Å². The maximum absolute atomic E-state index is 9.11. The SMILES string of the molecule is CCCN(CCO)c1cc(C(C)NCC)ccn1. The van der Waals surface area contributed by atoms with Crippen LogP contribution in [0.3, 0.4) is 0 Å². The fraction of sp³-hybridized carbons (Fsp3) is 0.643. The van der Waals surface area contributed by atoms with E-state index in [1.807, 2.05) is 12.3 Å². The van der Waals surface area contributed by atoms with Crippen molar-refractivity contribution in [2.45, 2.75) is 33.2 Å². The first kappa shape index (κ1) is 14.9. The second kappa shape index (κ2) is 8.06. The van der Waals surface area contributed by atoms with Gasteiger partial charge in [0.2, 0.25) is 0 Å². The lowest BCUT2D eigenvalue weighted by Crippen LogP contribution is -2.28. The van der Waals surface area contributed by atoms with Crippen molar-refractivity contribution < 1.29 is 5.11 Å². The van der Waals surface area contributed by atoms with Gasteiger partial charge in [0.15, 0.2) is 0 Å². The molecule has 102 valence electrons. The number of rotatable bonds is 8. The Morgan fingerprint density at radius 2 is 2.17 bits per heavy atom. The highest BCUT2D eigenvalue weighted by atomic mass is 16.3. The van der Waals surface area contributed by atoms with Crippen LogP contribution >= 0.6 is 0 Å². The molecule has 0 fully saturated rings. The summed E-state index contributed by atoms with van der Waals surface area (Å²) in [5.74, 6) is 0.952. The van der Waals surface area contributed by atoms with E-state index in [1.54, 1.807) is 0 Å². The van der Waals surface area contributed by atoms with Gasteiger partial charge in [-0.15, -0.1) is 0 Å². The Bertz CT molecular complexity index is 338. The minimum Gasteiger partial charge on any atom is -0.395 e. The molecule has 0 aliphatic carbocycles. The topological polar surface area (TPSA) is 48.4 Å². The fourth-order valence-corrected chi connectivity index (χ4v) is 2.03. The third-order valence-corrected chi connectivity index (χ3v) is 2.97. The Morgan fingerprint density at radius 3 is 2.78 bits per heavy atom. The predicted molar refractivity (Wildman–Crippen MR) is 75.9 cm³/mol. The van der Waals surface area contributed by atoms with Crippen LogP contribution in [0.5, 0.6) is 0 Å². The molecule has 0 spiro atoms. The maximum atomic E-state index is 9.11. The largest absolute Gasteiger partial charge is 0.395 e. The molecule has 0 aliphatic heterocycles. The van der Waals surface area contributed by atoms with Crippen LogP contribution in [0.2, 0.25) is 0 Å². The average Bonchev–Trinajstić information content (AvgIpc) is 2.39. The molecule has 1 atom stereocenters. The number of anilines is 1. The van der Waals surface area contributed by atoms with Gasteiger partial charge in [0, 0.05) is 25.3 Å². The first-order chi connectivity index (χ1) is 8.72. The van der Waals surface area contributed by atoms with Crippen molar-refractivity contribution in [2.75, 3.05) is 31.1 Å². The first-order valence-electron chi connectivity index (χ1n) is 6.78. The highest BCUT2D eigenvalue weighted by molar-refractivity contribution is 5.41. The van der Waals surface area contributed by atoms with Gasteiger partial charge in [-0.25, -0.2) is 4.98 Å². The Kier molecular flexibility index (Phi) is 6.68. The molecule has 1 heterocycles. The highest BCUT2D eigenvalue weighted by Gasteiger charge is 2.09. The monoisotopic (exact) mass is 251 g/mol. The van der Waals surface area contributed by atoms with E-state index in [4.69, 9.17) is 5.11 Å². The van der Waals surface area contributed by atoms with Gasteiger partial charge in [-0.3, -0.25) is 0 Å². The zero-order valence-electron chi connectivity index (χ0n) is 11.7. The van der Waals surface area contributed by atoms with Crippen molar-refractivity contribution in [1.29, 1.82) is 0 Å². The van der Waals surface area contributed by atoms with Crippen molar-refractivity contribution in [3.63, 3.8) is 0 Å². The van der Waals surface area contributed by atoms with Crippen LogP contribution in [-0.4, -0.2) is 36.3 Å². The lowest BCUT2D eigenvalue weighted by atomic mass is 10.1. The average molecular weight is 251 g/mol. The van der Waals surface area contributed by atoms with Crippen molar-refractivity contribution >= 4 is 5.82 Å². The van der Waals surface area contributed by atoms with Gasteiger partial charge in [0.25, 0.3) is 0 Å². The van der Waals surface area contributed by atoms with Gasteiger partial charge >= 0.3 is 0 Å². The molecule has 0 aromatic carbocycles. The summed E-state index contributed by atoms with van der Waals surface area (Å²) in [6.07, 6.45) is 2.90. The molecule has 1 aromatic rings. The molecule has 1 rings (SSSR count). The van der Waals surface area contributed by atoms with Crippen LogP contribution in [0.1, 0.15) is 38.8 Å². The standard InChI is InChI=1S/C14H25N3O/c1-4-8-17(9-10-18)14-11-13(6-7-16-14)12(3)15-5-2/h6-7,11-12,15,18H,4-5,8-10H2,1-3H3. The molecule has 2 N–H and O–H groups in total. The van der Waals surface area contributed by atoms with Crippen molar-refractivity contribution in [3.8, 4) is 0 Å². The summed E-state index contributed by atoms with van der Waals surface area (Å²) in [6.45, 7) is 9.07. The van der Waals surface area contributed by atoms with Gasteiger partial charge in [-0.1, -0.05) is 13.8 Å². The van der Waals surface area contributed by atoms with Gasteiger partial charge < -0.3 is 15.3 Å². The molecular formula is C14H25N3O. The minimum absolute atomic E-state index is 0.161. The second-order valence-electron chi connectivity index (χ2n) is 4.44. The van der Waals surface area contributed by atoms with Gasteiger partial charge in [-0.2, -0.15) is 0 Å². The molecule has 0 saturated heterocycles. The Hall–Kier alpha value is -1.13. The molecule has 0 aliphatic rings. The van der Waals surface area contributed by atoms with E-state index in [9.17, 15) is 0 Å². The third kappa shape index (κ3) is 4.27. The van der Waals surface area contributed by atoms with E-state index in [1.165, 1.54) is 5.56 Å². The Labute approximate surface area is 110 Å². The summed E-state index contributed by atoms with van der Waals surface area (Å²) in [4.78, 5) is 6.53. The lowest BCUT2D eigenvalue weighted by Gasteiger charge is -2.23. The van der Waals surface area contributed by atoms with Crippen molar-refractivity contribution in [1.82, 2.24) is 10.3 Å². The molecule has 1 aromatic heterocycles. The number of nitrogens with one attached hydrogen (secondary N) is 1. The number of hydrogen-bond acceptors (Lipinski definition) is 4. The van der Waals surface area contributed by atoms with E-state index in [0.29, 0.717) is 12.6 Å². The van der Waals surface area contributed by atoms with Crippen molar-refractivity contribution in [3.05, 3.63) is 23.9 Å². The zero-order valence-corrected chi connectivity index (χ0v) is 11.7. The number of nitrogens with zero attached hydrogens (tertiary/aromatic N) is 2. The first-order valence-corrected chi connectivity index (χ1v) is 6.78. The number of aliphatic hydroxyl groups is 1. The van der Waals surface area contributed by atoms with Crippen LogP contribution in [0, 0.1) is 0 Å². The quantitative estimate of drug-likeness (QED) is 0.741. The van der Waals surface area contributed by atoms with Crippen LogP contribution in [0.4, 0.5) is 5.82 Å². The Morgan fingerprint density at radius 1 is 1.39 bits per heavy atom. The number of aromatic nitrogens is 1. The molecule has 0 bridgehead atoms. The summed E-state index contributed by atoms with van der Waals surface area (Å²) in [7, 11) is 0. The highest BCUT2D eigenvalue weighted by Crippen LogP contribution is 2.18. The van der Waals surface area contributed by atoms with Crippen LogP contribution in [0.25, 0.3) is 0 Å². The fourth-order valence-electron chi connectivity index (χ4n) is 2.03. The predicted octanol–water partition coefficient (Wildman–Crippen LogP) is 1.96. The van der Waals surface area contributed by atoms with Gasteiger partial charge in [-0.05, 0) is 37.6 Å². The van der Waals surface area contributed by atoms with Gasteiger partial charge in [0.1, 0.15) is 5.82 Å². The van der Waals surface area contributed by atoms with Crippen LogP contribution in [0.15, 0.2) is 18.3 Å². The van der Waals surface area contributed by atoms with Crippen LogP contribution < -0.4 is 10.2 Å². The Balaban J connectivity index is 2.84. The molecule has 0 saturated carbocycles. The molecule has 4 nitrogen and oxygen atoms in total. The molecular weight excluding hydrogens is 226 g/mol. The lowest BCUT2D eigenvalue weighted by molar-refractivity contribution is 0.301. The molecule has 4 heteroatoms. The van der Waals surface area contributed by atoms with E-state index < -0.39 is 0 Å². The number of pyridine rings is 1. The minimum atomic E-state index is 0.161. The van der Waals surface area contributed by atoms with E-state index in [2.05, 4.69) is 42.0 Å². The number of hydrogen-bond donors (Lipinski definition) is 2. The molecule has 18 heavy (non-hydrogen) atoms. The maximum Gasteiger partial charge on any atom is 0.128 e. The van der Waals surface area contributed by atoms with Crippen LogP contribution in [-0.2, 0) is 0 Å². The zero-order chi connectivity index (χ0) is 13.4. The molecule has 0 radical (unpaired) electrons. The normalized spacial score (nSPS) is 12.4. The smallest absolute Gasteiger partial charge is 0.128 e. The van der Waals surface area contributed by atoms with Gasteiger partial charge in [0.05, 0.1) is 6.61 Å². The van der Waals surface area contributed by atoms with E-state index in [0.717, 1.165) is 25.3 Å².